The predicted molar refractivity (Wildman–Crippen MR) is 159 cm³/mol. The molecule has 0 atom stereocenters. The van der Waals surface area contributed by atoms with Gasteiger partial charge in [-0.1, -0.05) is 128 Å². The summed E-state index contributed by atoms with van der Waals surface area (Å²) in [5, 5.41) is 0. The van der Waals surface area contributed by atoms with E-state index in [1.54, 1.807) is 0 Å². The molecule has 190 valence electrons. The summed E-state index contributed by atoms with van der Waals surface area (Å²) in [7, 11) is 6.32. The molecule has 0 saturated carbocycles. The number of esters is 1. The van der Waals surface area contributed by atoms with Crippen molar-refractivity contribution < 1.29 is 14.0 Å². The van der Waals surface area contributed by atoms with Gasteiger partial charge in [-0.05, 0) is 0 Å². The molecule has 3 nitrogen and oxygen atoms in total. The van der Waals surface area contributed by atoms with Crippen LogP contribution in [-0.2, 0) is 9.53 Å². The molecule has 4 rings (SSSR count). The summed E-state index contributed by atoms with van der Waals surface area (Å²) < 4.78 is 5.71. The normalized spacial score (nSPS) is 11.1. The Morgan fingerprint density at radius 1 is 0.676 bits per heavy atom. The van der Waals surface area contributed by atoms with Gasteiger partial charge in [0.2, 0.25) is 0 Å². The van der Waals surface area contributed by atoms with E-state index in [1.807, 2.05) is 0 Å². The van der Waals surface area contributed by atoms with Gasteiger partial charge in [0.1, 0.15) is 6.15 Å². The topological polar surface area (TPSA) is 26.3 Å². The number of hydrogen-bond donors (Lipinski definition) is 0. The largest absolute Gasteiger partial charge is 0.462 e. The van der Waals surface area contributed by atoms with E-state index in [0.717, 1.165) is 17.4 Å². The van der Waals surface area contributed by atoms with E-state index in [1.165, 1.54) is 27.9 Å². The second kappa shape index (κ2) is 13.4. The number of carbonyl (C=O) groups is 1. The SMILES string of the molecule is C=CC(=O)OCCC[N+](C)(C)C.c1ccc([B-](c2ccccc2)(c2ccccc2)c2ccccc2)cc1. The van der Waals surface area contributed by atoms with Crippen molar-refractivity contribution >= 4 is 34.0 Å². The highest BCUT2D eigenvalue weighted by atomic mass is 16.5. The molecule has 0 aliphatic heterocycles. The van der Waals surface area contributed by atoms with Crippen molar-refractivity contribution in [3.05, 3.63) is 134 Å². The van der Waals surface area contributed by atoms with Crippen molar-refractivity contribution in [2.24, 2.45) is 0 Å². The zero-order valence-corrected chi connectivity index (χ0v) is 22.3. The van der Waals surface area contributed by atoms with Crippen molar-refractivity contribution in [2.45, 2.75) is 6.42 Å². The molecule has 0 radical (unpaired) electrons. The van der Waals surface area contributed by atoms with Crippen LogP contribution < -0.4 is 21.9 Å². The van der Waals surface area contributed by atoms with Gasteiger partial charge in [-0.2, -0.15) is 21.9 Å². The van der Waals surface area contributed by atoms with E-state index in [0.29, 0.717) is 6.61 Å². The van der Waals surface area contributed by atoms with Gasteiger partial charge in [-0.25, -0.2) is 4.79 Å². The molecule has 0 aromatic heterocycles. The molecule has 0 saturated heterocycles. The number of benzene rings is 4. The van der Waals surface area contributed by atoms with Crippen molar-refractivity contribution in [1.29, 1.82) is 0 Å². The van der Waals surface area contributed by atoms with E-state index in [4.69, 9.17) is 4.74 Å². The molecule has 0 bridgehead atoms. The Labute approximate surface area is 222 Å². The van der Waals surface area contributed by atoms with Gasteiger partial charge in [0, 0.05) is 12.5 Å². The molecule has 0 aliphatic carbocycles. The first-order chi connectivity index (χ1) is 17.9. The minimum absolute atomic E-state index is 0.337. The highest BCUT2D eigenvalue weighted by Gasteiger charge is 2.31. The average molecular weight is 491 g/mol. The van der Waals surface area contributed by atoms with Crippen molar-refractivity contribution in [3.8, 4) is 0 Å². The van der Waals surface area contributed by atoms with Crippen molar-refractivity contribution in [2.75, 3.05) is 34.3 Å². The Morgan fingerprint density at radius 3 is 1.27 bits per heavy atom. The van der Waals surface area contributed by atoms with Gasteiger partial charge in [0.05, 0.1) is 34.3 Å². The van der Waals surface area contributed by atoms with Crippen molar-refractivity contribution in [1.82, 2.24) is 0 Å². The highest BCUT2D eigenvalue weighted by molar-refractivity contribution is 7.19. The van der Waals surface area contributed by atoms with Crippen LogP contribution in [-0.4, -0.2) is 50.9 Å². The molecular weight excluding hydrogens is 453 g/mol. The fraction of sp³-hybridized carbons (Fsp3) is 0.182. The maximum Gasteiger partial charge on any atom is 0.330 e. The number of carbonyl (C=O) groups excluding carboxylic acids is 1. The van der Waals surface area contributed by atoms with Crippen LogP contribution in [0.1, 0.15) is 6.42 Å². The minimum Gasteiger partial charge on any atom is -0.462 e. The van der Waals surface area contributed by atoms with Crippen molar-refractivity contribution in [3.63, 3.8) is 0 Å². The Balaban J connectivity index is 0.000000270. The Bertz CT molecular complexity index is 1060. The summed E-state index contributed by atoms with van der Waals surface area (Å²) in [6, 6.07) is 43.5. The summed E-state index contributed by atoms with van der Waals surface area (Å²) in [5.41, 5.74) is 5.36. The maximum absolute atomic E-state index is 10.6. The molecule has 0 unspecified atom stereocenters. The molecule has 0 spiro atoms. The number of nitrogens with zero attached hydrogens (tertiary/aromatic N) is 1. The van der Waals surface area contributed by atoms with Crippen LogP contribution in [0.15, 0.2) is 134 Å². The molecule has 0 fully saturated rings. The van der Waals surface area contributed by atoms with Gasteiger partial charge in [0.15, 0.2) is 0 Å². The van der Waals surface area contributed by atoms with Crippen LogP contribution in [0.25, 0.3) is 0 Å². The standard InChI is InChI=1S/C24H20B.C9H18NO2/c1-5-13-21(14-6-1)25(22-15-7-2-8-16-22,23-17-9-3-10-18-23)24-19-11-4-12-20-24;1-5-9(11)12-8-6-7-10(2,3)4/h1-20H;5H,1,6-8H2,2-4H3/q-1;+1. The molecule has 0 N–H and O–H groups in total. The summed E-state index contributed by atoms with van der Waals surface area (Å²) in [6.45, 7) is 4.80. The molecule has 0 heterocycles. The first-order valence-corrected chi connectivity index (χ1v) is 12.8. The van der Waals surface area contributed by atoms with Crippen LogP contribution >= 0.6 is 0 Å². The fourth-order valence-corrected chi connectivity index (χ4v) is 4.89. The monoisotopic (exact) mass is 491 g/mol. The lowest BCUT2D eigenvalue weighted by atomic mass is 9.13. The average Bonchev–Trinajstić information content (AvgIpc) is 2.94. The summed E-state index contributed by atoms with van der Waals surface area (Å²) >= 11 is 0. The number of rotatable bonds is 9. The lowest BCUT2D eigenvalue weighted by molar-refractivity contribution is -0.870. The highest BCUT2D eigenvalue weighted by Crippen LogP contribution is 2.09. The summed E-state index contributed by atoms with van der Waals surface area (Å²) in [4.78, 5) is 10.6. The van der Waals surface area contributed by atoms with Crippen LogP contribution in [0.5, 0.6) is 0 Å². The van der Waals surface area contributed by atoms with Gasteiger partial charge >= 0.3 is 5.97 Å². The Kier molecular flexibility index (Phi) is 10.1. The minimum atomic E-state index is -1.22. The van der Waals surface area contributed by atoms with Gasteiger partial charge in [0.25, 0.3) is 0 Å². The van der Waals surface area contributed by atoms with E-state index < -0.39 is 6.15 Å². The summed E-state index contributed by atoms with van der Waals surface area (Å²) in [5.74, 6) is -0.337. The van der Waals surface area contributed by atoms with E-state index >= 15 is 0 Å². The smallest absolute Gasteiger partial charge is 0.330 e. The zero-order chi connectivity index (χ0) is 26.6. The summed E-state index contributed by atoms with van der Waals surface area (Å²) in [6.07, 6.45) is 0.863. The van der Waals surface area contributed by atoms with Crippen LogP contribution in [0.3, 0.4) is 0 Å². The lowest BCUT2D eigenvalue weighted by Gasteiger charge is -2.44. The molecule has 37 heavy (non-hydrogen) atoms. The molecule has 4 aromatic carbocycles. The zero-order valence-electron chi connectivity index (χ0n) is 22.3. The third-order valence-corrected chi connectivity index (χ3v) is 6.58. The first-order valence-electron chi connectivity index (χ1n) is 12.8. The molecule has 0 amide bonds. The second-order valence-electron chi connectivity index (χ2n) is 10.2. The van der Waals surface area contributed by atoms with Gasteiger partial charge in [-0.15, -0.1) is 0 Å². The Morgan fingerprint density at radius 2 is 1.00 bits per heavy atom. The first kappa shape index (κ1) is 27.7. The molecule has 0 aliphatic rings. The second-order valence-corrected chi connectivity index (χ2v) is 10.2. The van der Waals surface area contributed by atoms with Gasteiger partial charge < -0.3 is 9.22 Å². The Hall–Kier alpha value is -3.89. The molecular formula is C33H38BNO2. The number of hydrogen-bond acceptors (Lipinski definition) is 2. The third-order valence-electron chi connectivity index (χ3n) is 6.58. The molecule has 4 heteroatoms. The van der Waals surface area contributed by atoms with Crippen LogP contribution in [0.4, 0.5) is 0 Å². The van der Waals surface area contributed by atoms with Gasteiger partial charge in [-0.3, -0.25) is 0 Å². The number of ether oxygens (including phenoxy) is 1. The van der Waals surface area contributed by atoms with Crippen LogP contribution in [0.2, 0.25) is 0 Å². The predicted octanol–water partition coefficient (Wildman–Crippen LogP) is 3.88. The fourth-order valence-electron chi connectivity index (χ4n) is 4.89. The number of quaternary nitrogens is 1. The van der Waals surface area contributed by atoms with E-state index in [2.05, 4.69) is 149 Å². The third kappa shape index (κ3) is 7.55. The quantitative estimate of drug-likeness (QED) is 0.117. The maximum atomic E-state index is 10.6. The lowest BCUT2D eigenvalue weighted by Crippen LogP contribution is -2.74. The van der Waals surface area contributed by atoms with E-state index in [9.17, 15) is 4.79 Å². The molecule has 4 aromatic rings. The van der Waals surface area contributed by atoms with Crippen LogP contribution in [0, 0.1) is 0 Å². The van der Waals surface area contributed by atoms with E-state index in [-0.39, 0.29) is 5.97 Å².